The van der Waals surface area contributed by atoms with Gasteiger partial charge in [0, 0.05) is 39.4 Å². The largest absolute Gasteiger partial charge is 0.506 e. The lowest BCUT2D eigenvalue weighted by Crippen LogP contribution is -2.31. The predicted octanol–water partition coefficient (Wildman–Crippen LogP) is 14.4. The van der Waals surface area contributed by atoms with Crippen LogP contribution in [0, 0.1) is 0 Å². The smallest absolute Gasteiger partial charge is 0.266 e. The maximum Gasteiger partial charge on any atom is 0.266 e. The number of pyridine rings is 2. The van der Waals surface area contributed by atoms with Crippen LogP contribution in [0.5, 0.6) is 0 Å². The van der Waals surface area contributed by atoms with Crippen LogP contribution in [0.2, 0.25) is 40.2 Å². The Kier molecular flexibility index (Phi) is 10.9. The van der Waals surface area contributed by atoms with Gasteiger partial charge in [-0.15, -0.1) is 0 Å². The first-order valence-corrected chi connectivity index (χ1v) is 24.4. The number of Topliss-reactive ketones (excluding diaryl/α,β-unsaturated/α-hetero) is 2. The highest BCUT2D eigenvalue weighted by Crippen LogP contribution is 2.47. The third kappa shape index (κ3) is 6.97. The van der Waals surface area contributed by atoms with Crippen LogP contribution in [-0.2, 0) is 6.42 Å². The molecule has 12 nitrogen and oxygen atoms in total. The fourth-order valence-electron chi connectivity index (χ4n) is 9.73. The van der Waals surface area contributed by atoms with Crippen LogP contribution >= 0.6 is 92.8 Å². The molecular weight excluding hydrogens is 1100 g/mol. The van der Waals surface area contributed by atoms with Gasteiger partial charge in [0.1, 0.15) is 11.5 Å². The molecule has 12 rings (SSSR count). The minimum Gasteiger partial charge on any atom is -0.506 e. The molecule has 0 unspecified atom stereocenters. The second kappa shape index (κ2) is 16.9. The average Bonchev–Trinajstić information content (AvgIpc) is 3.93. The van der Waals surface area contributed by atoms with Gasteiger partial charge in [0.2, 0.25) is 0 Å². The minimum atomic E-state index is -0.762. The molecule has 0 fully saturated rings. The number of anilines is 2. The number of aromatic nitrogens is 2. The number of imide groups is 2. The Morgan fingerprint density at radius 2 is 0.658 bits per heavy atom. The number of fused-ring (bicyclic) bond motifs is 6. The molecule has 2 N–H and O–H groups in total. The monoisotopic (exact) mass is 1120 g/mol. The lowest BCUT2D eigenvalue weighted by Gasteiger charge is -2.24. The molecule has 0 atom stereocenters. The number of halogens is 8. The molecule has 0 saturated carbocycles. The van der Waals surface area contributed by atoms with Crippen molar-refractivity contribution in [3.63, 3.8) is 0 Å². The van der Waals surface area contributed by atoms with Crippen LogP contribution in [0.3, 0.4) is 0 Å². The SMILES string of the molecule is O=C1C(c2ccc3c(N4C(=O)c5cc(Cl)c(Cl)cc5C4=O)c(Cc4ccc5nc(C6=C(O)c7cc(Cl)c(Cl)cc7C6=O)ccc5c4N4C(=O)c5cc(Cl)c(Cl)cc5C4=O)ccc3n2)=C(O)c2cc(Cl)c(Cl)cc21. The van der Waals surface area contributed by atoms with Crippen molar-refractivity contribution in [3.05, 3.63) is 204 Å². The second-order valence-corrected chi connectivity index (χ2v) is 20.4. The fraction of sp³-hybridized carbons (Fsp3) is 0.0189. The van der Waals surface area contributed by atoms with E-state index in [1.54, 1.807) is 24.3 Å². The van der Waals surface area contributed by atoms with E-state index in [1.165, 1.54) is 72.8 Å². The molecule has 0 spiro atoms. The van der Waals surface area contributed by atoms with Crippen molar-refractivity contribution in [2.45, 2.75) is 6.42 Å². The van der Waals surface area contributed by atoms with E-state index in [-0.39, 0.29) is 158 Å². The number of ketones is 2. The Bertz CT molecular complexity index is 3830. The molecule has 356 valence electrons. The average molecular weight is 1120 g/mol. The summed E-state index contributed by atoms with van der Waals surface area (Å²) in [4.78, 5) is 97.3. The van der Waals surface area contributed by atoms with Crippen LogP contribution in [0.25, 0.3) is 44.5 Å². The molecule has 8 aromatic rings. The summed E-state index contributed by atoms with van der Waals surface area (Å²) in [7, 11) is 0. The number of amides is 4. The van der Waals surface area contributed by atoms with E-state index in [1.807, 2.05) is 0 Å². The van der Waals surface area contributed by atoms with E-state index < -0.39 is 35.2 Å². The molecule has 2 aliphatic heterocycles. The Morgan fingerprint density at radius 1 is 0.370 bits per heavy atom. The number of allylic oxidation sites excluding steroid dienone is 2. The van der Waals surface area contributed by atoms with Crippen molar-refractivity contribution in [2.75, 3.05) is 9.80 Å². The number of rotatable bonds is 6. The van der Waals surface area contributed by atoms with E-state index >= 15 is 0 Å². The van der Waals surface area contributed by atoms with Crippen molar-refractivity contribution in [2.24, 2.45) is 0 Å². The van der Waals surface area contributed by atoms with Gasteiger partial charge in [-0.25, -0.2) is 19.8 Å². The zero-order valence-corrected chi connectivity index (χ0v) is 42.1. The summed E-state index contributed by atoms with van der Waals surface area (Å²) in [6, 6.07) is 22.9. The van der Waals surface area contributed by atoms with Gasteiger partial charge >= 0.3 is 0 Å². The van der Waals surface area contributed by atoms with Crippen LogP contribution in [0.4, 0.5) is 11.4 Å². The summed E-state index contributed by atoms with van der Waals surface area (Å²) in [6.45, 7) is 0. The van der Waals surface area contributed by atoms with Crippen LogP contribution in [-0.4, -0.2) is 55.4 Å². The van der Waals surface area contributed by atoms with Gasteiger partial charge in [-0.1, -0.05) is 105 Å². The number of hydrogen-bond donors (Lipinski definition) is 2. The molecule has 0 saturated heterocycles. The quantitative estimate of drug-likeness (QED) is 0.152. The van der Waals surface area contributed by atoms with Crippen molar-refractivity contribution in [3.8, 4) is 0 Å². The molecule has 20 heteroatoms. The summed E-state index contributed by atoms with van der Waals surface area (Å²) in [5, 5.41) is 23.7. The van der Waals surface area contributed by atoms with Crippen molar-refractivity contribution >= 4 is 184 Å². The molecule has 4 amide bonds. The number of aliphatic hydroxyl groups excluding tert-OH is 2. The molecule has 4 aliphatic rings. The first kappa shape index (κ1) is 47.2. The van der Waals surface area contributed by atoms with Gasteiger partial charge in [0.25, 0.3) is 23.6 Å². The summed E-state index contributed by atoms with van der Waals surface area (Å²) in [5.74, 6) is -4.97. The maximum absolute atomic E-state index is 14.6. The molecule has 0 radical (unpaired) electrons. The molecular formula is C53H20Cl8N4O8. The molecule has 2 aliphatic carbocycles. The second-order valence-electron chi connectivity index (χ2n) is 17.1. The third-order valence-electron chi connectivity index (χ3n) is 13.1. The number of carbonyl (C=O) groups excluding carboxylic acids is 6. The lowest BCUT2D eigenvalue weighted by molar-refractivity contribution is 0.0911. The number of hydrogen-bond acceptors (Lipinski definition) is 10. The number of nitrogens with zero attached hydrogens (tertiary/aromatic N) is 4. The normalized spacial score (nSPS) is 15.0. The van der Waals surface area contributed by atoms with E-state index in [9.17, 15) is 39.0 Å². The van der Waals surface area contributed by atoms with Gasteiger partial charge < -0.3 is 10.2 Å². The first-order chi connectivity index (χ1) is 34.8. The van der Waals surface area contributed by atoms with E-state index in [0.29, 0.717) is 11.1 Å². The standard InChI is InChI=1S/C53H20Cl8N4O8/c54-30-10-22-23(11-31(30)55)47(67)42(46(22)66)40-7-3-20-38(62-40)5-1-18(44(20)64-50(70)26-14-34(58)35(59)15-27(26)51(64)71)9-19-2-6-39-21(45(19)65-52(72)28-16-36(60)37(61)17-29(28)53(65)73)4-8-41(63-39)43-48(68)24-12-32(56)33(57)13-25(24)49(43)69/h1-8,10-17,66,68H,9H2. The predicted molar refractivity (Wildman–Crippen MR) is 282 cm³/mol. The van der Waals surface area contributed by atoms with Gasteiger partial charge in [0.05, 0.1) is 107 Å². The van der Waals surface area contributed by atoms with Crippen LogP contribution in [0.15, 0.2) is 97.1 Å². The Balaban J connectivity index is 1.05. The number of carbonyl (C=O) groups is 6. The van der Waals surface area contributed by atoms with Crippen molar-refractivity contribution in [1.82, 2.24) is 9.97 Å². The highest BCUT2D eigenvalue weighted by Gasteiger charge is 2.43. The van der Waals surface area contributed by atoms with Crippen LogP contribution < -0.4 is 9.80 Å². The van der Waals surface area contributed by atoms with Gasteiger partial charge in [-0.3, -0.25) is 28.8 Å². The van der Waals surface area contributed by atoms with E-state index in [0.717, 1.165) is 9.80 Å². The fourth-order valence-corrected chi connectivity index (χ4v) is 11.0. The Morgan fingerprint density at radius 3 is 0.973 bits per heavy atom. The van der Waals surface area contributed by atoms with Gasteiger partial charge in [-0.05, 0) is 96.1 Å². The highest BCUT2D eigenvalue weighted by molar-refractivity contribution is 6.48. The third-order valence-corrected chi connectivity index (χ3v) is 16.0. The summed E-state index contributed by atoms with van der Waals surface area (Å²) < 4.78 is 0. The zero-order valence-electron chi connectivity index (χ0n) is 36.1. The summed E-state index contributed by atoms with van der Waals surface area (Å²) in [6.07, 6.45) is -0.188. The van der Waals surface area contributed by atoms with Crippen molar-refractivity contribution < 1.29 is 39.0 Å². The summed E-state index contributed by atoms with van der Waals surface area (Å²) >= 11 is 50.4. The highest BCUT2D eigenvalue weighted by atomic mass is 35.5. The minimum absolute atomic E-state index is 0.0222. The molecule has 73 heavy (non-hydrogen) atoms. The Hall–Kier alpha value is -6.84. The van der Waals surface area contributed by atoms with Crippen molar-refractivity contribution in [1.29, 1.82) is 0 Å². The van der Waals surface area contributed by atoms with Gasteiger partial charge in [-0.2, -0.15) is 0 Å². The maximum atomic E-state index is 14.6. The molecule has 4 heterocycles. The summed E-state index contributed by atoms with van der Waals surface area (Å²) in [5.41, 5.74) is 1.21. The van der Waals surface area contributed by atoms with E-state index in [4.69, 9.17) is 103 Å². The number of benzene rings is 6. The lowest BCUT2D eigenvalue weighted by atomic mass is 9.95. The topological polar surface area (TPSA) is 175 Å². The molecule has 6 aromatic carbocycles. The molecule has 2 aromatic heterocycles. The number of aliphatic hydroxyl groups is 2. The Labute approximate surface area is 450 Å². The zero-order chi connectivity index (χ0) is 51.4. The van der Waals surface area contributed by atoms with Gasteiger partial charge in [0.15, 0.2) is 11.6 Å². The van der Waals surface area contributed by atoms with E-state index in [2.05, 4.69) is 0 Å². The molecule has 0 bridgehead atoms. The first-order valence-electron chi connectivity index (χ1n) is 21.4. The van der Waals surface area contributed by atoms with Crippen LogP contribution in [0.1, 0.15) is 95.8 Å².